The van der Waals surface area contributed by atoms with Crippen LogP contribution in [0.5, 0.6) is 0 Å². The second kappa shape index (κ2) is 15.2. The Balaban J connectivity index is 0.904. The molecule has 0 spiro atoms. The van der Waals surface area contributed by atoms with Gasteiger partial charge in [0.05, 0.1) is 11.0 Å². The summed E-state index contributed by atoms with van der Waals surface area (Å²) in [5.41, 5.74) is 14.1. The molecule has 13 aromatic rings. The summed E-state index contributed by atoms with van der Waals surface area (Å²) in [6, 6.07) is 88.8. The molecule has 0 amide bonds. The van der Waals surface area contributed by atoms with E-state index in [2.05, 4.69) is 252 Å². The molecule has 0 aliphatic carbocycles. The van der Waals surface area contributed by atoms with Crippen molar-refractivity contribution in [1.29, 1.82) is 0 Å². The zero-order valence-corrected chi connectivity index (χ0v) is 36.2. The van der Waals surface area contributed by atoms with Crippen LogP contribution in [-0.4, -0.2) is 4.57 Å². The first-order valence-corrected chi connectivity index (χ1v) is 23.1. The highest BCUT2D eigenvalue weighted by Gasteiger charge is 2.20. The lowest BCUT2D eigenvalue weighted by atomic mass is 9.97. The number of rotatable bonds is 7. The van der Waals surface area contributed by atoms with Gasteiger partial charge in [-0.15, -0.1) is 11.3 Å². The maximum absolute atomic E-state index is 2.48. The molecule has 2 nitrogen and oxygen atoms in total. The highest BCUT2D eigenvalue weighted by atomic mass is 32.1. The van der Waals surface area contributed by atoms with Crippen LogP contribution in [0.3, 0.4) is 0 Å². The summed E-state index contributed by atoms with van der Waals surface area (Å²) >= 11 is 1.90. The van der Waals surface area contributed by atoms with Crippen LogP contribution < -0.4 is 4.90 Å². The third-order valence-electron chi connectivity index (χ3n) is 13.1. The number of anilines is 3. The zero-order valence-electron chi connectivity index (χ0n) is 35.4. The normalized spacial score (nSPS) is 11.7. The van der Waals surface area contributed by atoms with Gasteiger partial charge in [-0.1, -0.05) is 170 Å². The van der Waals surface area contributed by atoms with Crippen LogP contribution in [0.25, 0.3) is 103 Å². The molecule has 0 N–H and O–H groups in total. The van der Waals surface area contributed by atoms with Crippen molar-refractivity contribution in [3.63, 3.8) is 0 Å². The minimum atomic E-state index is 1.10. The average molecular weight is 845 g/mol. The van der Waals surface area contributed by atoms with E-state index in [0.717, 1.165) is 17.1 Å². The Bertz CT molecular complexity index is 3920. The van der Waals surface area contributed by atoms with Gasteiger partial charge in [-0.25, -0.2) is 0 Å². The molecular formula is C62H40N2S. The molecule has 0 aliphatic rings. The first kappa shape index (κ1) is 37.3. The molecule has 0 atom stereocenters. The minimum absolute atomic E-state index is 1.10. The Kier molecular flexibility index (Phi) is 8.75. The van der Waals surface area contributed by atoms with Crippen LogP contribution in [0.4, 0.5) is 17.1 Å². The molecule has 0 unspecified atom stereocenters. The van der Waals surface area contributed by atoms with Crippen LogP contribution in [0.2, 0.25) is 0 Å². The number of thiophene rings is 1. The summed E-state index contributed by atoms with van der Waals surface area (Å²) in [5.74, 6) is 0. The van der Waals surface area contributed by atoms with E-state index in [1.165, 1.54) is 103 Å². The number of nitrogens with zero attached hydrogens (tertiary/aromatic N) is 2. The topological polar surface area (TPSA) is 8.17 Å². The number of fused-ring (bicyclic) bond motifs is 10. The van der Waals surface area contributed by atoms with Gasteiger partial charge in [0.2, 0.25) is 0 Å². The summed E-state index contributed by atoms with van der Waals surface area (Å²) in [5, 5.41) is 10.2. The molecule has 304 valence electrons. The minimum Gasteiger partial charge on any atom is -0.310 e. The predicted octanol–water partition coefficient (Wildman–Crippen LogP) is 17.9. The number of para-hydroxylation sites is 1. The molecule has 0 bridgehead atoms. The summed E-state index contributed by atoms with van der Waals surface area (Å²) in [6.07, 6.45) is 0. The van der Waals surface area contributed by atoms with Crippen LogP contribution in [-0.2, 0) is 0 Å². The molecule has 0 fully saturated rings. The predicted molar refractivity (Wildman–Crippen MR) is 280 cm³/mol. The molecular weight excluding hydrogens is 805 g/mol. The summed E-state index contributed by atoms with van der Waals surface area (Å²) in [6.45, 7) is 0. The van der Waals surface area contributed by atoms with E-state index >= 15 is 0 Å². The second-order valence-corrected chi connectivity index (χ2v) is 18.0. The van der Waals surface area contributed by atoms with E-state index in [-0.39, 0.29) is 0 Å². The molecule has 2 heterocycles. The van der Waals surface area contributed by atoms with Gasteiger partial charge in [0, 0.05) is 59.1 Å². The third kappa shape index (κ3) is 6.31. The Morgan fingerprint density at radius 1 is 0.323 bits per heavy atom. The fourth-order valence-electron chi connectivity index (χ4n) is 9.99. The highest BCUT2D eigenvalue weighted by molar-refractivity contribution is 7.26. The fraction of sp³-hybridized carbons (Fsp3) is 0. The van der Waals surface area contributed by atoms with Gasteiger partial charge in [0.1, 0.15) is 0 Å². The van der Waals surface area contributed by atoms with Crippen molar-refractivity contribution in [3.8, 4) is 39.1 Å². The molecule has 13 rings (SSSR count). The van der Waals surface area contributed by atoms with Gasteiger partial charge in [0.15, 0.2) is 0 Å². The van der Waals surface area contributed by atoms with Gasteiger partial charge in [-0.3, -0.25) is 0 Å². The fourth-order valence-corrected chi connectivity index (χ4v) is 11.3. The van der Waals surface area contributed by atoms with Gasteiger partial charge < -0.3 is 9.47 Å². The Hall–Kier alpha value is -8.24. The second-order valence-electron chi connectivity index (χ2n) is 16.9. The monoisotopic (exact) mass is 844 g/mol. The van der Waals surface area contributed by atoms with Crippen LogP contribution in [0, 0.1) is 0 Å². The molecule has 0 aliphatic heterocycles. The SMILES string of the molecule is c1ccc(-c2ccc(N(c3ccc(-c4cccc(-c5ccc6c(c5)c5ccc7ccc8c9ccccc9sc8c7c5n6-c5ccccc5)c4)cc3)c3ccc4ccccc4c3)cc2)cc1. The molecule has 0 radical (unpaired) electrons. The lowest BCUT2D eigenvalue weighted by molar-refractivity contribution is 1.19. The summed E-state index contributed by atoms with van der Waals surface area (Å²) < 4.78 is 5.15. The van der Waals surface area contributed by atoms with E-state index in [0.29, 0.717) is 0 Å². The van der Waals surface area contributed by atoms with Gasteiger partial charge >= 0.3 is 0 Å². The number of hydrogen-bond donors (Lipinski definition) is 0. The Morgan fingerprint density at radius 2 is 0.877 bits per heavy atom. The smallest absolute Gasteiger partial charge is 0.0633 e. The number of aromatic nitrogens is 1. The van der Waals surface area contributed by atoms with Crippen molar-refractivity contribution in [2.75, 3.05) is 4.90 Å². The molecule has 3 heteroatoms. The van der Waals surface area contributed by atoms with Crippen LogP contribution >= 0.6 is 11.3 Å². The lowest BCUT2D eigenvalue weighted by Crippen LogP contribution is -2.09. The lowest BCUT2D eigenvalue weighted by Gasteiger charge is -2.26. The van der Waals surface area contributed by atoms with Crippen molar-refractivity contribution >= 4 is 91.9 Å². The van der Waals surface area contributed by atoms with Crippen molar-refractivity contribution in [1.82, 2.24) is 4.57 Å². The largest absolute Gasteiger partial charge is 0.310 e. The Morgan fingerprint density at radius 3 is 1.65 bits per heavy atom. The van der Waals surface area contributed by atoms with Gasteiger partial charge in [0.25, 0.3) is 0 Å². The maximum Gasteiger partial charge on any atom is 0.0633 e. The maximum atomic E-state index is 2.48. The van der Waals surface area contributed by atoms with Crippen LogP contribution in [0.15, 0.2) is 243 Å². The number of hydrogen-bond acceptors (Lipinski definition) is 2. The first-order chi connectivity index (χ1) is 32.2. The third-order valence-corrected chi connectivity index (χ3v) is 14.3. The summed E-state index contributed by atoms with van der Waals surface area (Å²) in [7, 11) is 0. The summed E-state index contributed by atoms with van der Waals surface area (Å²) in [4.78, 5) is 2.36. The molecule has 0 saturated carbocycles. The van der Waals surface area contributed by atoms with Crippen molar-refractivity contribution in [2.45, 2.75) is 0 Å². The molecule has 0 saturated heterocycles. The van der Waals surface area contributed by atoms with E-state index in [1.54, 1.807) is 0 Å². The van der Waals surface area contributed by atoms with E-state index < -0.39 is 0 Å². The van der Waals surface area contributed by atoms with Crippen molar-refractivity contribution in [2.24, 2.45) is 0 Å². The average Bonchev–Trinajstić information content (AvgIpc) is 3.93. The quantitative estimate of drug-likeness (QED) is 0.155. The van der Waals surface area contributed by atoms with Gasteiger partial charge in [-0.05, 0) is 122 Å². The van der Waals surface area contributed by atoms with E-state index in [1.807, 2.05) is 11.3 Å². The molecule has 11 aromatic carbocycles. The van der Waals surface area contributed by atoms with Crippen LogP contribution in [0.1, 0.15) is 0 Å². The zero-order chi connectivity index (χ0) is 42.8. The van der Waals surface area contributed by atoms with Crippen molar-refractivity contribution < 1.29 is 0 Å². The standard InChI is InChI=1S/C62H40N2S/c1-3-12-41(13-4-1)43-22-30-51(31-23-43)63(53-34-26-42-14-7-8-15-48(42)39-53)52-32-24-44(25-33-52)46-16-11-17-47(38-46)49-29-37-58-57(40-49)55-35-27-45-28-36-56-54-20-9-10-21-59(54)65-62(56)60(45)61(55)64(58)50-18-5-2-6-19-50/h1-40H. The van der Waals surface area contributed by atoms with E-state index in [4.69, 9.17) is 0 Å². The highest BCUT2D eigenvalue weighted by Crippen LogP contribution is 2.45. The van der Waals surface area contributed by atoms with E-state index in [9.17, 15) is 0 Å². The van der Waals surface area contributed by atoms with Crippen molar-refractivity contribution in [3.05, 3.63) is 243 Å². The molecule has 65 heavy (non-hydrogen) atoms. The Labute approximate surface area is 381 Å². The van der Waals surface area contributed by atoms with Gasteiger partial charge in [-0.2, -0.15) is 0 Å². The first-order valence-electron chi connectivity index (χ1n) is 22.2. The molecule has 2 aromatic heterocycles. The number of benzene rings is 11.